The molecule has 1 aliphatic heterocycles. The fourth-order valence-electron chi connectivity index (χ4n) is 2.71. The first-order chi connectivity index (χ1) is 10.6. The highest BCUT2D eigenvalue weighted by atomic mass is 32.1. The van der Waals surface area contributed by atoms with Crippen LogP contribution in [0.2, 0.25) is 0 Å². The van der Waals surface area contributed by atoms with E-state index in [4.69, 9.17) is 9.15 Å². The summed E-state index contributed by atoms with van der Waals surface area (Å²) >= 11 is 1.59. The molecule has 7 heteroatoms. The summed E-state index contributed by atoms with van der Waals surface area (Å²) in [6, 6.07) is 1.53. The van der Waals surface area contributed by atoms with Gasteiger partial charge in [0.05, 0.1) is 18.9 Å². The van der Waals surface area contributed by atoms with Crippen LogP contribution >= 0.6 is 11.3 Å². The lowest BCUT2D eigenvalue weighted by Crippen LogP contribution is -2.36. The van der Waals surface area contributed by atoms with Crippen LogP contribution in [0, 0.1) is 6.92 Å². The molecule has 3 heterocycles. The minimum Gasteiger partial charge on any atom is -0.468 e. The zero-order valence-electron chi connectivity index (χ0n) is 12.5. The largest absolute Gasteiger partial charge is 0.468 e. The molecule has 1 saturated heterocycles. The van der Waals surface area contributed by atoms with E-state index in [0.29, 0.717) is 25.4 Å². The van der Waals surface area contributed by atoms with E-state index in [1.54, 1.807) is 11.3 Å². The highest BCUT2D eigenvalue weighted by Crippen LogP contribution is 2.27. The molecule has 1 aliphatic rings. The molecule has 1 fully saturated rings. The van der Waals surface area contributed by atoms with Crippen molar-refractivity contribution in [2.75, 3.05) is 13.7 Å². The molecule has 22 heavy (non-hydrogen) atoms. The smallest absolute Gasteiger partial charge is 0.323 e. The summed E-state index contributed by atoms with van der Waals surface area (Å²) in [4.78, 5) is 18.2. The Morgan fingerprint density at radius 3 is 3.14 bits per heavy atom. The third-order valence-corrected chi connectivity index (χ3v) is 4.55. The maximum absolute atomic E-state index is 11.8. The first-order valence-corrected chi connectivity index (χ1v) is 8.01. The molecule has 0 bridgehead atoms. The van der Waals surface area contributed by atoms with Gasteiger partial charge in [-0.3, -0.25) is 9.69 Å². The SMILES string of the molecule is COC(=O)[C@@H]1C[C@H](O)CN1Cc1nc(-c2ccsc2)oc1C. The van der Waals surface area contributed by atoms with Crippen LogP contribution < -0.4 is 0 Å². The molecule has 6 nitrogen and oxygen atoms in total. The number of carbonyl (C=O) groups excluding carboxylic acids is 1. The minimum atomic E-state index is -0.521. The van der Waals surface area contributed by atoms with Gasteiger partial charge in [-0.2, -0.15) is 11.3 Å². The Balaban J connectivity index is 1.79. The summed E-state index contributed by atoms with van der Waals surface area (Å²) in [5, 5.41) is 13.8. The quantitative estimate of drug-likeness (QED) is 0.865. The molecule has 0 radical (unpaired) electrons. The second kappa shape index (κ2) is 6.20. The highest BCUT2D eigenvalue weighted by Gasteiger charge is 2.37. The number of thiophene rings is 1. The number of carbonyl (C=O) groups is 1. The number of oxazole rings is 1. The van der Waals surface area contributed by atoms with Crippen LogP contribution in [0.1, 0.15) is 17.9 Å². The Kier molecular flexibility index (Phi) is 4.28. The van der Waals surface area contributed by atoms with Gasteiger partial charge in [0.2, 0.25) is 5.89 Å². The number of likely N-dealkylation sites (tertiary alicyclic amines) is 1. The van der Waals surface area contributed by atoms with Crippen molar-refractivity contribution in [1.82, 2.24) is 9.88 Å². The normalized spacial score (nSPS) is 22.1. The molecule has 0 saturated carbocycles. The van der Waals surface area contributed by atoms with Crippen LogP contribution in [0.15, 0.2) is 21.2 Å². The molecular weight excluding hydrogens is 304 g/mol. The maximum Gasteiger partial charge on any atom is 0.323 e. The van der Waals surface area contributed by atoms with E-state index in [9.17, 15) is 9.90 Å². The summed E-state index contributed by atoms with van der Waals surface area (Å²) in [6.45, 7) is 2.74. The average Bonchev–Trinajstić information content (AvgIpc) is 3.20. The summed E-state index contributed by atoms with van der Waals surface area (Å²) in [7, 11) is 1.36. The monoisotopic (exact) mass is 322 g/mol. The first-order valence-electron chi connectivity index (χ1n) is 7.07. The number of rotatable bonds is 4. The second-order valence-corrected chi connectivity index (χ2v) is 6.17. The van der Waals surface area contributed by atoms with Gasteiger partial charge in [-0.15, -0.1) is 0 Å². The number of ether oxygens (including phenoxy) is 1. The van der Waals surface area contributed by atoms with Gasteiger partial charge < -0.3 is 14.3 Å². The average molecular weight is 322 g/mol. The van der Waals surface area contributed by atoms with E-state index in [1.165, 1.54) is 7.11 Å². The lowest BCUT2D eigenvalue weighted by Gasteiger charge is -2.20. The van der Waals surface area contributed by atoms with Gasteiger partial charge in [0, 0.05) is 30.5 Å². The van der Waals surface area contributed by atoms with E-state index in [0.717, 1.165) is 17.0 Å². The molecule has 1 N–H and O–H groups in total. The van der Waals surface area contributed by atoms with Crippen molar-refractivity contribution in [3.63, 3.8) is 0 Å². The van der Waals surface area contributed by atoms with E-state index < -0.39 is 12.1 Å². The number of methoxy groups -OCH3 is 1. The third kappa shape index (κ3) is 2.92. The lowest BCUT2D eigenvalue weighted by atomic mass is 10.2. The fourth-order valence-corrected chi connectivity index (χ4v) is 3.34. The molecule has 2 aromatic heterocycles. The van der Waals surface area contributed by atoms with Gasteiger partial charge in [0.15, 0.2) is 0 Å². The number of aliphatic hydroxyl groups is 1. The number of aromatic nitrogens is 1. The maximum atomic E-state index is 11.8. The molecular formula is C15H18N2O4S. The lowest BCUT2D eigenvalue weighted by molar-refractivity contribution is -0.146. The molecule has 118 valence electrons. The van der Waals surface area contributed by atoms with Crippen molar-refractivity contribution in [3.8, 4) is 11.5 Å². The van der Waals surface area contributed by atoms with Gasteiger partial charge in [-0.05, 0) is 18.4 Å². The van der Waals surface area contributed by atoms with Crippen molar-refractivity contribution < 1.29 is 19.1 Å². The number of aryl methyl sites for hydroxylation is 1. The topological polar surface area (TPSA) is 75.8 Å². The van der Waals surface area contributed by atoms with Gasteiger partial charge in [0.1, 0.15) is 11.8 Å². The van der Waals surface area contributed by atoms with Gasteiger partial charge in [-0.1, -0.05) is 0 Å². The molecule has 0 aliphatic carbocycles. The van der Waals surface area contributed by atoms with Crippen molar-refractivity contribution in [3.05, 3.63) is 28.3 Å². The number of nitrogens with zero attached hydrogens (tertiary/aromatic N) is 2. The van der Waals surface area contributed by atoms with Gasteiger partial charge >= 0.3 is 5.97 Å². The van der Waals surface area contributed by atoms with Crippen molar-refractivity contribution in [2.45, 2.75) is 32.0 Å². The Bertz CT molecular complexity index is 653. The van der Waals surface area contributed by atoms with Crippen LogP contribution in [0.25, 0.3) is 11.5 Å². The van der Waals surface area contributed by atoms with Gasteiger partial charge in [0.25, 0.3) is 0 Å². The molecule has 0 amide bonds. The van der Waals surface area contributed by atoms with Crippen LogP contribution in [-0.2, 0) is 16.1 Å². The van der Waals surface area contributed by atoms with Crippen LogP contribution in [0.4, 0.5) is 0 Å². The Morgan fingerprint density at radius 2 is 2.45 bits per heavy atom. The van der Waals surface area contributed by atoms with Crippen LogP contribution in [0.5, 0.6) is 0 Å². The summed E-state index contributed by atoms with van der Waals surface area (Å²) < 4.78 is 10.5. The molecule has 0 aromatic carbocycles. The highest BCUT2D eigenvalue weighted by molar-refractivity contribution is 7.08. The molecule has 2 atom stereocenters. The molecule has 0 spiro atoms. The fraction of sp³-hybridized carbons (Fsp3) is 0.467. The van der Waals surface area contributed by atoms with E-state index in [1.807, 2.05) is 28.7 Å². The minimum absolute atomic E-state index is 0.323. The van der Waals surface area contributed by atoms with Crippen LogP contribution in [0.3, 0.4) is 0 Å². The van der Waals surface area contributed by atoms with Gasteiger partial charge in [-0.25, -0.2) is 4.98 Å². The number of esters is 1. The predicted octanol–water partition coefficient (Wildman–Crippen LogP) is 1.82. The van der Waals surface area contributed by atoms with E-state index >= 15 is 0 Å². The van der Waals surface area contributed by atoms with Crippen LogP contribution in [-0.4, -0.2) is 46.8 Å². The summed E-state index contributed by atoms with van der Waals surface area (Å²) in [5.74, 6) is 0.991. The standard InChI is InChI=1S/C15H18N2O4S/c1-9-12(16-14(21-9)10-3-4-22-8-10)7-17-6-11(18)5-13(17)15(19)20-2/h3-4,8,11,13,18H,5-7H2,1-2H3/t11-,13-/m0/s1. The molecule has 0 unspecified atom stereocenters. The predicted molar refractivity (Wildman–Crippen MR) is 81.4 cm³/mol. The zero-order chi connectivity index (χ0) is 15.7. The zero-order valence-corrected chi connectivity index (χ0v) is 13.3. The second-order valence-electron chi connectivity index (χ2n) is 5.39. The Labute approximate surface area is 132 Å². The number of hydrogen-bond acceptors (Lipinski definition) is 7. The Hall–Kier alpha value is -1.70. The van der Waals surface area contributed by atoms with Crippen molar-refractivity contribution >= 4 is 17.3 Å². The number of hydrogen-bond donors (Lipinski definition) is 1. The number of aliphatic hydroxyl groups excluding tert-OH is 1. The molecule has 2 aromatic rings. The Morgan fingerprint density at radius 1 is 1.64 bits per heavy atom. The van der Waals surface area contributed by atoms with E-state index in [-0.39, 0.29) is 5.97 Å². The van der Waals surface area contributed by atoms with Crippen molar-refractivity contribution in [2.24, 2.45) is 0 Å². The third-order valence-electron chi connectivity index (χ3n) is 3.87. The first kappa shape index (κ1) is 15.2. The van der Waals surface area contributed by atoms with E-state index in [2.05, 4.69) is 4.98 Å². The summed E-state index contributed by atoms with van der Waals surface area (Å²) in [5.41, 5.74) is 1.73. The summed E-state index contributed by atoms with van der Waals surface area (Å²) in [6.07, 6.45) is -0.131. The van der Waals surface area contributed by atoms with Crippen molar-refractivity contribution in [1.29, 1.82) is 0 Å². The molecule has 3 rings (SSSR count). The number of β-amino-alcohol motifs (C(OH)–C–C–N with tert-alkyl or cyclic N) is 1.